The zero-order chi connectivity index (χ0) is 9.68. The summed E-state index contributed by atoms with van der Waals surface area (Å²) in [6.45, 7) is 0. The van der Waals surface area contributed by atoms with Crippen LogP contribution in [-0.2, 0) is 11.2 Å². The highest BCUT2D eigenvalue weighted by atomic mass is 16.4. The molecule has 1 rings (SSSR count). The van der Waals surface area contributed by atoms with E-state index in [1.807, 2.05) is 6.07 Å². The van der Waals surface area contributed by atoms with Gasteiger partial charge in [0.1, 0.15) is 5.75 Å². The van der Waals surface area contributed by atoms with Gasteiger partial charge in [-0.3, -0.25) is 4.79 Å². The van der Waals surface area contributed by atoms with Gasteiger partial charge in [-0.1, -0.05) is 12.1 Å². The largest absolute Gasteiger partial charge is 0.508 e. The summed E-state index contributed by atoms with van der Waals surface area (Å²) in [5.74, 6) is -0.548. The molecule has 0 aromatic heterocycles. The molecule has 0 aliphatic rings. The normalized spacial score (nSPS) is 9.85. The van der Waals surface area contributed by atoms with Crippen LogP contribution in [0.25, 0.3) is 0 Å². The van der Waals surface area contributed by atoms with Crippen LogP contribution in [0.4, 0.5) is 0 Å². The van der Waals surface area contributed by atoms with Crippen molar-refractivity contribution in [3.63, 3.8) is 0 Å². The average molecular weight is 180 g/mol. The number of benzene rings is 1. The van der Waals surface area contributed by atoms with Crippen LogP contribution in [0.15, 0.2) is 24.3 Å². The van der Waals surface area contributed by atoms with E-state index < -0.39 is 5.97 Å². The van der Waals surface area contributed by atoms with Gasteiger partial charge in [0.2, 0.25) is 0 Å². The fraction of sp³-hybridized carbons (Fsp3) is 0.300. The van der Waals surface area contributed by atoms with Gasteiger partial charge in [0.25, 0.3) is 0 Å². The molecule has 0 saturated heterocycles. The Labute approximate surface area is 76.6 Å². The number of hydrogen-bond donors (Lipinski definition) is 2. The first kappa shape index (κ1) is 9.58. The monoisotopic (exact) mass is 180 g/mol. The SMILES string of the molecule is O=C(O)CCCc1cccc(O)c1. The second-order valence-corrected chi connectivity index (χ2v) is 2.92. The van der Waals surface area contributed by atoms with Gasteiger partial charge in [-0.05, 0) is 30.5 Å². The van der Waals surface area contributed by atoms with Gasteiger partial charge >= 0.3 is 5.97 Å². The van der Waals surface area contributed by atoms with Crippen LogP contribution in [0, 0.1) is 0 Å². The third-order valence-electron chi connectivity index (χ3n) is 1.77. The predicted octanol–water partition coefficient (Wildman–Crippen LogP) is 1.80. The van der Waals surface area contributed by atoms with Gasteiger partial charge in [0.15, 0.2) is 0 Å². The summed E-state index contributed by atoms with van der Waals surface area (Å²) in [6.07, 6.45) is 1.48. The van der Waals surface area contributed by atoms with Gasteiger partial charge in [-0.25, -0.2) is 0 Å². The molecule has 3 nitrogen and oxygen atoms in total. The molecule has 70 valence electrons. The quantitative estimate of drug-likeness (QED) is 0.742. The van der Waals surface area contributed by atoms with E-state index in [1.54, 1.807) is 18.2 Å². The van der Waals surface area contributed by atoms with Gasteiger partial charge in [0, 0.05) is 6.42 Å². The van der Waals surface area contributed by atoms with Crippen LogP contribution in [0.2, 0.25) is 0 Å². The van der Waals surface area contributed by atoms with E-state index in [4.69, 9.17) is 10.2 Å². The average Bonchev–Trinajstić information content (AvgIpc) is 2.03. The van der Waals surface area contributed by atoms with E-state index in [1.165, 1.54) is 0 Å². The molecule has 0 fully saturated rings. The van der Waals surface area contributed by atoms with Crippen LogP contribution >= 0.6 is 0 Å². The van der Waals surface area contributed by atoms with Crippen LogP contribution < -0.4 is 0 Å². The second kappa shape index (κ2) is 4.50. The Morgan fingerprint density at radius 1 is 1.38 bits per heavy atom. The molecule has 0 atom stereocenters. The van der Waals surface area contributed by atoms with Gasteiger partial charge in [-0.2, -0.15) is 0 Å². The number of hydrogen-bond acceptors (Lipinski definition) is 2. The maximum atomic E-state index is 10.2. The molecule has 3 heteroatoms. The van der Waals surface area contributed by atoms with Crippen molar-refractivity contribution in [2.24, 2.45) is 0 Å². The Kier molecular flexibility index (Phi) is 3.31. The Balaban J connectivity index is 2.41. The summed E-state index contributed by atoms with van der Waals surface area (Å²) in [7, 11) is 0. The fourth-order valence-corrected chi connectivity index (χ4v) is 1.16. The van der Waals surface area contributed by atoms with Crippen molar-refractivity contribution in [3.05, 3.63) is 29.8 Å². The summed E-state index contributed by atoms with van der Waals surface area (Å²) in [5, 5.41) is 17.5. The molecule has 2 N–H and O–H groups in total. The number of carboxylic acid groups (broad SMARTS) is 1. The molecular weight excluding hydrogens is 168 g/mol. The Morgan fingerprint density at radius 3 is 2.77 bits per heavy atom. The Hall–Kier alpha value is -1.51. The molecular formula is C10H12O3. The van der Waals surface area contributed by atoms with Gasteiger partial charge in [-0.15, -0.1) is 0 Å². The zero-order valence-corrected chi connectivity index (χ0v) is 7.23. The highest BCUT2D eigenvalue weighted by Crippen LogP contribution is 2.12. The third kappa shape index (κ3) is 3.60. The van der Waals surface area contributed by atoms with Crippen molar-refractivity contribution in [1.29, 1.82) is 0 Å². The van der Waals surface area contributed by atoms with Crippen LogP contribution in [0.3, 0.4) is 0 Å². The first-order valence-electron chi connectivity index (χ1n) is 4.18. The number of aryl methyl sites for hydroxylation is 1. The molecule has 1 aromatic rings. The van der Waals surface area contributed by atoms with E-state index in [2.05, 4.69) is 0 Å². The van der Waals surface area contributed by atoms with Crippen molar-refractivity contribution in [3.8, 4) is 5.75 Å². The van der Waals surface area contributed by atoms with Crippen molar-refractivity contribution < 1.29 is 15.0 Å². The summed E-state index contributed by atoms with van der Waals surface area (Å²) in [5.41, 5.74) is 0.973. The number of aliphatic carboxylic acids is 1. The minimum absolute atomic E-state index is 0.176. The molecule has 0 radical (unpaired) electrons. The lowest BCUT2D eigenvalue weighted by molar-refractivity contribution is -0.137. The number of phenols is 1. The highest BCUT2D eigenvalue weighted by molar-refractivity contribution is 5.66. The van der Waals surface area contributed by atoms with E-state index in [-0.39, 0.29) is 12.2 Å². The molecule has 0 bridgehead atoms. The van der Waals surface area contributed by atoms with Crippen molar-refractivity contribution in [2.75, 3.05) is 0 Å². The number of phenolic OH excluding ortho intramolecular Hbond substituents is 1. The molecule has 0 aliphatic heterocycles. The Morgan fingerprint density at radius 2 is 2.15 bits per heavy atom. The lowest BCUT2D eigenvalue weighted by Crippen LogP contribution is -1.95. The smallest absolute Gasteiger partial charge is 0.303 e. The minimum Gasteiger partial charge on any atom is -0.508 e. The van der Waals surface area contributed by atoms with E-state index in [0.717, 1.165) is 5.56 Å². The van der Waals surface area contributed by atoms with Crippen LogP contribution in [-0.4, -0.2) is 16.2 Å². The highest BCUT2D eigenvalue weighted by Gasteiger charge is 1.98. The summed E-state index contributed by atoms with van der Waals surface area (Å²) in [6, 6.07) is 6.88. The molecule has 0 aliphatic carbocycles. The Bertz CT molecular complexity index is 294. The van der Waals surface area contributed by atoms with Crippen molar-refractivity contribution in [2.45, 2.75) is 19.3 Å². The van der Waals surface area contributed by atoms with Crippen molar-refractivity contribution >= 4 is 5.97 Å². The number of carboxylic acids is 1. The summed E-state index contributed by atoms with van der Waals surface area (Å²) < 4.78 is 0. The molecule has 0 saturated carbocycles. The molecule has 0 spiro atoms. The van der Waals surface area contributed by atoms with E-state index in [0.29, 0.717) is 12.8 Å². The van der Waals surface area contributed by atoms with Gasteiger partial charge in [0.05, 0.1) is 0 Å². The number of carbonyl (C=O) groups is 1. The molecule has 0 amide bonds. The second-order valence-electron chi connectivity index (χ2n) is 2.92. The van der Waals surface area contributed by atoms with Crippen LogP contribution in [0.1, 0.15) is 18.4 Å². The third-order valence-corrected chi connectivity index (χ3v) is 1.77. The maximum absolute atomic E-state index is 10.2. The molecule has 0 unspecified atom stereocenters. The van der Waals surface area contributed by atoms with E-state index in [9.17, 15) is 4.79 Å². The first-order chi connectivity index (χ1) is 6.18. The minimum atomic E-state index is -0.778. The number of aromatic hydroxyl groups is 1. The van der Waals surface area contributed by atoms with Crippen LogP contribution in [0.5, 0.6) is 5.75 Å². The lowest BCUT2D eigenvalue weighted by Gasteiger charge is -1.99. The zero-order valence-electron chi connectivity index (χ0n) is 7.23. The van der Waals surface area contributed by atoms with E-state index >= 15 is 0 Å². The fourth-order valence-electron chi connectivity index (χ4n) is 1.16. The lowest BCUT2D eigenvalue weighted by atomic mass is 10.1. The summed E-state index contributed by atoms with van der Waals surface area (Å²) in [4.78, 5) is 10.2. The van der Waals surface area contributed by atoms with Gasteiger partial charge < -0.3 is 10.2 Å². The first-order valence-corrected chi connectivity index (χ1v) is 4.18. The standard InChI is InChI=1S/C10H12O3/c11-9-5-1-3-8(7-9)4-2-6-10(12)13/h1,3,5,7,11H,2,4,6H2,(H,12,13). The molecule has 1 aromatic carbocycles. The molecule has 0 heterocycles. The maximum Gasteiger partial charge on any atom is 0.303 e. The number of rotatable bonds is 4. The summed E-state index contributed by atoms with van der Waals surface area (Å²) >= 11 is 0. The predicted molar refractivity (Wildman–Crippen MR) is 48.7 cm³/mol. The molecule has 13 heavy (non-hydrogen) atoms. The van der Waals surface area contributed by atoms with Crippen molar-refractivity contribution in [1.82, 2.24) is 0 Å². The topological polar surface area (TPSA) is 57.5 Å².